The van der Waals surface area contributed by atoms with Gasteiger partial charge in [-0.3, -0.25) is 10.1 Å². The number of esters is 1. The first-order chi connectivity index (χ1) is 10.9. The van der Waals surface area contributed by atoms with Crippen molar-refractivity contribution in [3.63, 3.8) is 0 Å². The van der Waals surface area contributed by atoms with E-state index in [1.807, 2.05) is 13.8 Å². The highest BCUT2D eigenvalue weighted by Crippen LogP contribution is 2.14. The average Bonchev–Trinajstić information content (AvgIpc) is 2.88. The monoisotopic (exact) mass is 386 g/mol. The largest absolute Gasteiger partial charge is 0.452 e. The van der Waals surface area contributed by atoms with Crippen molar-refractivity contribution < 1.29 is 23.5 Å². The van der Waals surface area contributed by atoms with E-state index >= 15 is 0 Å². The van der Waals surface area contributed by atoms with Crippen LogP contribution in [0.5, 0.6) is 0 Å². The van der Waals surface area contributed by atoms with Crippen LogP contribution in [0.3, 0.4) is 0 Å². The van der Waals surface area contributed by atoms with Gasteiger partial charge in [0.15, 0.2) is 11.3 Å². The van der Waals surface area contributed by atoms with Gasteiger partial charge in [0.25, 0.3) is 5.91 Å². The molecule has 0 aliphatic heterocycles. The molecule has 126 valence electrons. The number of carbonyl (C=O) groups is 3. The molecule has 23 heavy (non-hydrogen) atoms. The fraction of sp³-hybridized carbons (Fsp3) is 0.400. The van der Waals surface area contributed by atoms with Crippen molar-refractivity contribution in [2.24, 2.45) is 5.92 Å². The maximum atomic E-state index is 11.4. The molecule has 8 heteroatoms. The minimum Gasteiger partial charge on any atom is -0.452 e. The third kappa shape index (κ3) is 8.82. The molecule has 3 amide bonds. The molecule has 0 aliphatic rings. The maximum absolute atomic E-state index is 11.4. The summed E-state index contributed by atoms with van der Waals surface area (Å²) < 4.78 is 10.4. The molecule has 0 atom stereocenters. The Morgan fingerprint density at radius 3 is 2.70 bits per heavy atom. The number of imide groups is 1. The van der Waals surface area contributed by atoms with Crippen molar-refractivity contribution >= 4 is 39.9 Å². The van der Waals surface area contributed by atoms with E-state index in [0.29, 0.717) is 22.9 Å². The molecule has 1 rings (SSSR count). The van der Waals surface area contributed by atoms with E-state index < -0.39 is 24.5 Å². The number of amides is 3. The summed E-state index contributed by atoms with van der Waals surface area (Å²) in [5.41, 5.74) is 0. The van der Waals surface area contributed by atoms with Crippen LogP contribution in [0.15, 0.2) is 27.3 Å². The average molecular weight is 387 g/mol. The van der Waals surface area contributed by atoms with Gasteiger partial charge in [0.05, 0.1) is 0 Å². The first-order valence-corrected chi connectivity index (χ1v) is 7.84. The van der Waals surface area contributed by atoms with Crippen molar-refractivity contribution in [1.29, 1.82) is 0 Å². The van der Waals surface area contributed by atoms with E-state index in [9.17, 15) is 14.4 Å². The number of rotatable bonds is 7. The van der Waals surface area contributed by atoms with Gasteiger partial charge in [-0.15, -0.1) is 0 Å². The Morgan fingerprint density at radius 2 is 2.09 bits per heavy atom. The molecule has 1 heterocycles. The molecule has 0 unspecified atom stereocenters. The highest BCUT2D eigenvalue weighted by molar-refractivity contribution is 9.10. The van der Waals surface area contributed by atoms with Crippen LogP contribution in [-0.2, 0) is 14.3 Å². The summed E-state index contributed by atoms with van der Waals surface area (Å²) >= 11 is 3.13. The highest BCUT2D eigenvalue weighted by atomic mass is 79.9. The van der Waals surface area contributed by atoms with Gasteiger partial charge in [-0.05, 0) is 46.5 Å². The predicted molar refractivity (Wildman–Crippen MR) is 87.4 cm³/mol. The Kier molecular flexibility index (Phi) is 8.10. The molecule has 1 aromatic rings. The zero-order valence-corrected chi connectivity index (χ0v) is 14.5. The van der Waals surface area contributed by atoms with E-state index in [2.05, 4.69) is 26.6 Å². The lowest BCUT2D eigenvalue weighted by molar-refractivity contribution is -0.143. The topological polar surface area (TPSA) is 97.6 Å². The molecule has 0 saturated heterocycles. The zero-order chi connectivity index (χ0) is 17.2. The maximum Gasteiger partial charge on any atom is 0.331 e. The molecule has 0 spiro atoms. The summed E-state index contributed by atoms with van der Waals surface area (Å²) in [6, 6.07) is 2.72. The summed E-state index contributed by atoms with van der Waals surface area (Å²) in [5.74, 6) is -0.501. The van der Waals surface area contributed by atoms with Gasteiger partial charge in [-0.25, -0.2) is 9.59 Å². The SMILES string of the molecule is CC(C)CCNC(=O)NC(=O)COC(=O)C=Cc1ccc(Br)o1. The number of halogens is 1. The third-order valence-electron chi connectivity index (χ3n) is 2.58. The van der Waals surface area contributed by atoms with E-state index in [1.165, 1.54) is 6.08 Å². The molecular weight excluding hydrogens is 368 g/mol. The smallest absolute Gasteiger partial charge is 0.331 e. The van der Waals surface area contributed by atoms with Crippen LogP contribution in [0.4, 0.5) is 4.79 Å². The standard InChI is InChI=1S/C15H19BrN2O5/c1-10(2)7-8-17-15(21)18-13(19)9-22-14(20)6-4-11-3-5-12(16)23-11/h3-6,10H,7-9H2,1-2H3,(H2,17,18,19,21). The van der Waals surface area contributed by atoms with Gasteiger partial charge in [0.1, 0.15) is 5.76 Å². The lowest BCUT2D eigenvalue weighted by Crippen LogP contribution is -2.41. The first-order valence-electron chi connectivity index (χ1n) is 7.04. The number of carbonyl (C=O) groups excluding carboxylic acids is 3. The van der Waals surface area contributed by atoms with E-state index in [4.69, 9.17) is 9.15 Å². The van der Waals surface area contributed by atoms with Crippen LogP contribution in [0.25, 0.3) is 6.08 Å². The van der Waals surface area contributed by atoms with Gasteiger partial charge in [-0.2, -0.15) is 0 Å². The van der Waals surface area contributed by atoms with Crippen molar-refractivity contribution in [3.05, 3.63) is 28.6 Å². The summed E-state index contributed by atoms with van der Waals surface area (Å²) in [4.78, 5) is 34.2. The fourth-order valence-electron chi connectivity index (χ4n) is 1.43. The van der Waals surface area contributed by atoms with Crippen LogP contribution < -0.4 is 10.6 Å². The summed E-state index contributed by atoms with van der Waals surface area (Å²) in [5, 5.41) is 4.61. The van der Waals surface area contributed by atoms with Crippen LogP contribution in [0.1, 0.15) is 26.0 Å². The summed E-state index contributed by atoms with van der Waals surface area (Å²) in [6.07, 6.45) is 3.34. The molecule has 1 aromatic heterocycles. The second kappa shape index (κ2) is 9.83. The van der Waals surface area contributed by atoms with Crippen LogP contribution >= 0.6 is 15.9 Å². The number of nitrogens with one attached hydrogen (secondary N) is 2. The number of hydrogen-bond donors (Lipinski definition) is 2. The molecule has 0 aromatic carbocycles. The second-order valence-corrected chi connectivity index (χ2v) is 5.85. The van der Waals surface area contributed by atoms with Gasteiger partial charge < -0.3 is 14.5 Å². The third-order valence-corrected chi connectivity index (χ3v) is 3.01. The van der Waals surface area contributed by atoms with Crippen molar-refractivity contribution in [3.8, 4) is 0 Å². The Balaban J connectivity index is 2.23. The first kappa shape index (κ1) is 19.0. The molecule has 0 radical (unpaired) electrons. The van der Waals surface area contributed by atoms with Gasteiger partial charge in [0.2, 0.25) is 0 Å². The molecule has 0 saturated carbocycles. The second-order valence-electron chi connectivity index (χ2n) is 5.07. The highest BCUT2D eigenvalue weighted by Gasteiger charge is 2.09. The Morgan fingerprint density at radius 1 is 1.35 bits per heavy atom. The zero-order valence-electron chi connectivity index (χ0n) is 12.9. The molecular formula is C15H19BrN2O5. The van der Waals surface area contributed by atoms with Crippen molar-refractivity contribution in [1.82, 2.24) is 10.6 Å². The Hall–Kier alpha value is -2.09. The summed E-state index contributed by atoms with van der Waals surface area (Å²) in [7, 11) is 0. The van der Waals surface area contributed by atoms with E-state index in [0.717, 1.165) is 12.5 Å². The Labute approximate surface area is 142 Å². The van der Waals surface area contributed by atoms with Gasteiger partial charge in [0, 0.05) is 12.6 Å². The van der Waals surface area contributed by atoms with Crippen LogP contribution in [-0.4, -0.2) is 31.1 Å². The minimum absolute atomic E-state index is 0.452. The molecule has 0 fully saturated rings. The molecule has 2 N–H and O–H groups in total. The Bertz CT molecular complexity index is 580. The van der Waals surface area contributed by atoms with Gasteiger partial charge in [-0.1, -0.05) is 13.8 Å². The minimum atomic E-state index is -0.715. The lowest BCUT2D eigenvalue weighted by atomic mass is 10.1. The van der Waals surface area contributed by atoms with Crippen LogP contribution in [0, 0.1) is 5.92 Å². The van der Waals surface area contributed by atoms with E-state index in [1.54, 1.807) is 12.1 Å². The number of urea groups is 1. The molecule has 0 aliphatic carbocycles. The quantitative estimate of drug-likeness (QED) is 0.553. The van der Waals surface area contributed by atoms with Crippen molar-refractivity contribution in [2.75, 3.05) is 13.2 Å². The normalized spacial score (nSPS) is 10.8. The number of hydrogen-bond acceptors (Lipinski definition) is 5. The molecule has 0 bridgehead atoms. The van der Waals surface area contributed by atoms with Gasteiger partial charge >= 0.3 is 12.0 Å². The summed E-state index contributed by atoms with van der Waals surface area (Å²) in [6.45, 7) is 3.99. The van der Waals surface area contributed by atoms with E-state index in [-0.39, 0.29) is 0 Å². The predicted octanol–water partition coefficient (Wildman–Crippen LogP) is 2.47. The number of furan rings is 1. The lowest BCUT2D eigenvalue weighted by Gasteiger charge is -2.08. The van der Waals surface area contributed by atoms with Crippen molar-refractivity contribution in [2.45, 2.75) is 20.3 Å². The number of ether oxygens (including phenoxy) is 1. The molecule has 7 nitrogen and oxygen atoms in total. The fourth-order valence-corrected chi connectivity index (χ4v) is 1.75. The van der Waals surface area contributed by atoms with Crippen LogP contribution in [0.2, 0.25) is 0 Å².